The summed E-state index contributed by atoms with van der Waals surface area (Å²) in [7, 11) is 1.50. The minimum Gasteiger partial charge on any atom is -0.488 e. The van der Waals surface area contributed by atoms with Crippen LogP contribution in [0.15, 0.2) is 28.2 Å². The number of methoxy groups -OCH3 is 1. The molecule has 0 spiro atoms. The highest BCUT2D eigenvalue weighted by molar-refractivity contribution is 9.10. The molecule has 0 atom stereocenters. The number of amides is 1. The number of carboxylic acids is 1. The van der Waals surface area contributed by atoms with E-state index in [1.165, 1.54) is 12.0 Å². The molecule has 1 aromatic rings. The molecule has 1 amide bonds. The molecule has 0 radical (unpaired) electrons. The van der Waals surface area contributed by atoms with Crippen molar-refractivity contribution < 1.29 is 24.2 Å². The summed E-state index contributed by atoms with van der Waals surface area (Å²) in [4.78, 5) is 24.6. The highest BCUT2D eigenvalue weighted by Crippen LogP contribution is 2.29. The molecule has 2 rings (SSSR count). The molecule has 118 valence electrons. The van der Waals surface area contributed by atoms with E-state index >= 15 is 0 Å². The average molecular weight is 370 g/mol. The third-order valence-electron chi connectivity index (χ3n) is 3.14. The Hall–Kier alpha value is -1.86. The van der Waals surface area contributed by atoms with Crippen LogP contribution in [0.4, 0.5) is 0 Å². The first kappa shape index (κ1) is 16.5. The molecule has 1 aliphatic rings. The summed E-state index contributed by atoms with van der Waals surface area (Å²) in [6.45, 7) is 0.237. The van der Waals surface area contributed by atoms with Gasteiger partial charge in [-0.2, -0.15) is 0 Å². The van der Waals surface area contributed by atoms with Crippen molar-refractivity contribution in [2.45, 2.75) is 0 Å². The zero-order chi connectivity index (χ0) is 16.1. The second-order valence-corrected chi connectivity index (χ2v) is 5.67. The number of rotatable bonds is 6. The zero-order valence-electron chi connectivity index (χ0n) is 12.0. The first-order valence-electron chi connectivity index (χ1n) is 6.64. The van der Waals surface area contributed by atoms with E-state index in [0.29, 0.717) is 11.3 Å². The van der Waals surface area contributed by atoms with Crippen LogP contribution in [0.2, 0.25) is 0 Å². The van der Waals surface area contributed by atoms with Gasteiger partial charge in [0.2, 0.25) is 0 Å². The zero-order valence-corrected chi connectivity index (χ0v) is 13.6. The van der Waals surface area contributed by atoms with E-state index in [0.717, 1.165) is 10.0 Å². The second-order valence-electron chi connectivity index (χ2n) is 4.75. The molecular weight excluding hydrogens is 354 g/mol. The van der Waals surface area contributed by atoms with Gasteiger partial charge in [-0.3, -0.25) is 9.59 Å². The summed E-state index contributed by atoms with van der Waals surface area (Å²) >= 11 is 3.37. The first-order valence-corrected chi connectivity index (χ1v) is 7.43. The fourth-order valence-corrected chi connectivity index (χ4v) is 2.47. The van der Waals surface area contributed by atoms with E-state index in [1.54, 1.807) is 6.08 Å². The Morgan fingerprint density at radius 2 is 2.23 bits per heavy atom. The lowest BCUT2D eigenvalue weighted by atomic mass is 10.1. The summed E-state index contributed by atoms with van der Waals surface area (Å²) in [6.07, 6.45) is 1.73. The van der Waals surface area contributed by atoms with E-state index in [-0.39, 0.29) is 32.2 Å². The monoisotopic (exact) mass is 369 g/mol. The third-order valence-corrected chi connectivity index (χ3v) is 3.63. The van der Waals surface area contributed by atoms with Gasteiger partial charge in [0.15, 0.2) is 0 Å². The van der Waals surface area contributed by atoms with Gasteiger partial charge in [-0.05, 0) is 24.3 Å². The average Bonchev–Trinajstić information content (AvgIpc) is 2.49. The van der Waals surface area contributed by atoms with Crippen molar-refractivity contribution in [3.8, 4) is 5.75 Å². The molecular formula is C15H16BrNO5. The van der Waals surface area contributed by atoms with Crippen molar-refractivity contribution in [1.82, 2.24) is 4.90 Å². The molecule has 0 unspecified atom stereocenters. The molecule has 6 nitrogen and oxygen atoms in total. The standard InChI is InChI=1S/C15H16BrNO5/c1-21-5-4-17(8-14(18)19)15(20)11-6-10-7-12(16)2-3-13(10)22-9-11/h2-3,6-7H,4-5,8-9H2,1H3,(H,18,19). The lowest BCUT2D eigenvalue weighted by Crippen LogP contribution is -2.40. The SMILES string of the molecule is COCCN(CC(=O)O)C(=O)C1=Cc2cc(Br)ccc2OC1. The van der Waals surface area contributed by atoms with Crippen molar-refractivity contribution in [2.75, 3.05) is 33.4 Å². The molecule has 0 bridgehead atoms. The molecule has 0 fully saturated rings. The molecule has 7 heteroatoms. The summed E-state index contributed by atoms with van der Waals surface area (Å²) in [5.41, 5.74) is 1.20. The fourth-order valence-electron chi connectivity index (χ4n) is 2.09. The lowest BCUT2D eigenvalue weighted by molar-refractivity contribution is -0.143. The van der Waals surface area contributed by atoms with Gasteiger partial charge < -0.3 is 19.5 Å². The Kier molecular flexibility index (Phi) is 5.57. The van der Waals surface area contributed by atoms with Crippen LogP contribution in [-0.4, -0.2) is 55.3 Å². The van der Waals surface area contributed by atoms with Crippen LogP contribution in [-0.2, 0) is 14.3 Å². The number of carbonyl (C=O) groups is 2. The van der Waals surface area contributed by atoms with Crippen LogP contribution >= 0.6 is 15.9 Å². The summed E-state index contributed by atoms with van der Waals surface area (Å²) in [5, 5.41) is 8.93. The van der Waals surface area contributed by atoms with Gasteiger partial charge in [0.25, 0.3) is 5.91 Å². The normalized spacial score (nSPS) is 12.9. The van der Waals surface area contributed by atoms with Gasteiger partial charge in [-0.15, -0.1) is 0 Å². The predicted octanol–water partition coefficient (Wildman–Crippen LogP) is 1.78. The number of carboxylic acid groups (broad SMARTS) is 1. The third kappa shape index (κ3) is 4.08. The largest absolute Gasteiger partial charge is 0.488 e. The highest BCUT2D eigenvalue weighted by Gasteiger charge is 2.23. The lowest BCUT2D eigenvalue weighted by Gasteiger charge is -2.24. The van der Waals surface area contributed by atoms with Crippen molar-refractivity contribution in [3.05, 3.63) is 33.8 Å². The van der Waals surface area contributed by atoms with Crippen LogP contribution < -0.4 is 4.74 Å². The molecule has 0 saturated carbocycles. The van der Waals surface area contributed by atoms with Crippen LogP contribution in [0.3, 0.4) is 0 Å². The maximum absolute atomic E-state index is 12.5. The van der Waals surface area contributed by atoms with Gasteiger partial charge in [0, 0.05) is 23.7 Å². The highest BCUT2D eigenvalue weighted by atomic mass is 79.9. The minimum atomic E-state index is -1.06. The topological polar surface area (TPSA) is 76.1 Å². The van der Waals surface area contributed by atoms with Crippen molar-refractivity contribution in [2.24, 2.45) is 0 Å². The van der Waals surface area contributed by atoms with Gasteiger partial charge >= 0.3 is 5.97 Å². The van der Waals surface area contributed by atoms with E-state index in [9.17, 15) is 9.59 Å². The summed E-state index contributed by atoms with van der Waals surface area (Å²) in [5.74, 6) is -0.726. The van der Waals surface area contributed by atoms with Gasteiger partial charge in [0.05, 0.1) is 12.2 Å². The van der Waals surface area contributed by atoms with Crippen molar-refractivity contribution in [1.29, 1.82) is 0 Å². The van der Waals surface area contributed by atoms with Gasteiger partial charge in [-0.1, -0.05) is 15.9 Å². The minimum absolute atomic E-state index is 0.122. The van der Waals surface area contributed by atoms with E-state index in [4.69, 9.17) is 14.6 Å². The second kappa shape index (κ2) is 7.42. The number of benzene rings is 1. The Labute approximate surface area is 136 Å². The van der Waals surface area contributed by atoms with E-state index in [1.807, 2.05) is 18.2 Å². The number of halogens is 1. The number of carbonyl (C=O) groups excluding carboxylic acids is 1. The number of fused-ring (bicyclic) bond motifs is 1. The molecule has 1 aliphatic heterocycles. The Morgan fingerprint density at radius 1 is 1.45 bits per heavy atom. The predicted molar refractivity (Wildman–Crippen MR) is 83.7 cm³/mol. The fraction of sp³-hybridized carbons (Fsp3) is 0.333. The number of hydrogen-bond donors (Lipinski definition) is 1. The molecule has 0 aromatic heterocycles. The number of ether oxygens (including phenoxy) is 2. The maximum Gasteiger partial charge on any atom is 0.323 e. The molecule has 0 aliphatic carbocycles. The van der Waals surface area contributed by atoms with Crippen LogP contribution in [0.5, 0.6) is 5.75 Å². The summed E-state index contributed by atoms with van der Waals surface area (Å²) in [6, 6.07) is 5.52. The van der Waals surface area contributed by atoms with Gasteiger partial charge in [0.1, 0.15) is 18.9 Å². The van der Waals surface area contributed by atoms with Crippen molar-refractivity contribution >= 4 is 33.9 Å². The quantitative estimate of drug-likeness (QED) is 0.826. The Morgan fingerprint density at radius 3 is 2.91 bits per heavy atom. The van der Waals surface area contributed by atoms with Crippen LogP contribution in [0.1, 0.15) is 5.56 Å². The number of hydrogen-bond acceptors (Lipinski definition) is 4. The van der Waals surface area contributed by atoms with Gasteiger partial charge in [-0.25, -0.2) is 0 Å². The smallest absolute Gasteiger partial charge is 0.323 e. The number of nitrogens with zero attached hydrogens (tertiary/aromatic N) is 1. The van der Waals surface area contributed by atoms with E-state index < -0.39 is 5.97 Å². The first-order chi connectivity index (χ1) is 10.5. The molecule has 1 N–H and O–H groups in total. The molecule has 1 aromatic carbocycles. The summed E-state index contributed by atoms with van der Waals surface area (Å²) < 4.78 is 11.4. The molecule has 1 heterocycles. The Bertz CT molecular complexity index is 614. The van der Waals surface area contributed by atoms with E-state index in [2.05, 4.69) is 15.9 Å². The Balaban J connectivity index is 2.21. The van der Waals surface area contributed by atoms with Crippen molar-refractivity contribution in [3.63, 3.8) is 0 Å². The molecule has 0 saturated heterocycles. The van der Waals surface area contributed by atoms with Crippen LogP contribution in [0.25, 0.3) is 6.08 Å². The maximum atomic E-state index is 12.5. The van der Waals surface area contributed by atoms with Crippen LogP contribution in [0, 0.1) is 0 Å². The molecule has 22 heavy (non-hydrogen) atoms. The number of aliphatic carboxylic acids is 1.